The number of hydrogen-bond donors (Lipinski definition) is 0. The molecule has 0 saturated carbocycles. The Morgan fingerprint density at radius 3 is 2.37 bits per heavy atom. The maximum absolute atomic E-state index is 12.1. The van der Waals surface area contributed by atoms with Gasteiger partial charge in [0, 0.05) is 13.6 Å². The molecule has 1 amide bonds. The lowest BCUT2D eigenvalue weighted by atomic mass is 9.96. The van der Waals surface area contributed by atoms with Crippen molar-refractivity contribution in [3.05, 3.63) is 29.8 Å². The molecule has 0 radical (unpaired) electrons. The molecule has 0 saturated heterocycles. The van der Waals surface area contributed by atoms with E-state index in [4.69, 9.17) is 10.00 Å². The molecule has 0 fully saturated rings. The Kier molecular flexibility index (Phi) is 5.37. The second-order valence-electron chi connectivity index (χ2n) is 4.89. The van der Waals surface area contributed by atoms with Gasteiger partial charge in [-0.3, -0.25) is 4.79 Å². The zero-order chi connectivity index (χ0) is 14.4. The number of rotatable bonds is 5. The average molecular weight is 260 g/mol. The zero-order valence-electron chi connectivity index (χ0n) is 11.9. The van der Waals surface area contributed by atoms with Crippen molar-refractivity contribution in [2.24, 2.45) is 11.8 Å². The van der Waals surface area contributed by atoms with Crippen molar-refractivity contribution in [2.45, 2.75) is 20.4 Å². The molecular formula is C15H20N2O2. The summed E-state index contributed by atoms with van der Waals surface area (Å²) in [5.74, 6) is 0.0993. The Morgan fingerprint density at radius 2 is 1.95 bits per heavy atom. The minimum Gasteiger partial charge on any atom is -0.497 e. The third-order valence-corrected chi connectivity index (χ3v) is 3.03. The predicted molar refractivity (Wildman–Crippen MR) is 73.4 cm³/mol. The fourth-order valence-corrected chi connectivity index (χ4v) is 1.81. The Labute approximate surface area is 114 Å². The summed E-state index contributed by atoms with van der Waals surface area (Å²) in [6.45, 7) is 4.26. The van der Waals surface area contributed by atoms with Crippen LogP contribution in [0.4, 0.5) is 0 Å². The van der Waals surface area contributed by atoms with Crippen LogP contribution in [-0.4, -0.2) is 25.0 Å². The van der Waals surface area contributed by atoms with E-state index in [1.165, 1.54) is 0 Å². The summed E-state index contributed by atoms with van der Waals surface area (Å²) >= 11 is 0. The number of carbonyl (C=O) groups excluding carboxylic acids is 1. The minimum atomic E-state index is -0.580. The van der Waals surface area contributed by atoms with Crippen LogP contribution in [0.3, 0.4) is 0 Å². The summed E-state index contributed by atoms with van der Waals surface area (Å²) in [6.07, 6.45) is 0. The van der Waals surface area contributed by atoms with Crippen molar-refractivity contribution in [1.29, 1.82) is 5.26 Å². The Bertz CT molecular complexity index is 460. The average Bonchev–Trinajstić information content (AvgIpc) is 2.39. The van der Waals surface area contributed by atoms with Crippen molar-refractivity contribution in [1.82, 2.24) is 4.90 Å². The third-order valence-electron chi connectivity index (χ3n) is 3.03. The van der Waals surface area contributed by atoms with Gasteiger partial charge in [0.2, 0.25) is 5.91 Å². The van der Waals surface area contributed by atoms with Gasteiger partial charge in [-0.2, -0.15) is 5.26 Å². The van der Waals surface area contributed by atoms with Crippen molar-refractivity contribution >= 4 is 5.91 Å². The lowest BCUT2D eigenvalue weighted by Gasteiger charge is -2.22. The molecule has 0 bridgehead atoms. The molecule has 19 heavy (non-hydrogen) atoms. The van der Waals surface area contributed by atoms with Crippen LogP contribution in [0.2, 0.25) is 0 Å². The molecule has 0 aromatic heterocycles. The van der Waals surface area contributed by atoms with Gasteiger partial charge in [-0.15, -0.1) is 0 Å². The van der Waals surface area contributed by atoms with Crippen LogP contribution in [0, 0.1) is 23.2 Å². The second kappa shape index (κ2) is 6.79. The van der Waals surface area contributed by atoms with E-state index in [0.717, 1.165) is 11.3 Å². The number of ether oxygens (including phenoxy) is 1. The summed E-state index contributed by atoms with van der Waals surface area (Å²) in [7, 11) is 3.34. The molecule has 0 aliphatic rings. The Morgan fingerprint density at radius 1 is 1.37 bits per heavy atom. The highest BCUT2D eigenvalue weighted by Crippen LogP contribution is 2.16. The van der Waals surface area contributed by atoms with Gasteiger partial charge >= 0.3 is 0 Å². The first kappa shape index (κ1) is 15.0. The largest absolute Gasteiger partial charge is 0.497 e. The highest BCUT2D eigenvalue weighted by molar-refractivity contribution is 5.81. The van der Waals surface area contributed by atoms with Gasteiger partial charge in [-0.25, -0.2) is 0 Å². The molecule has 1 atom stereocenters. The van der Waals surface area contributed by atoms with Crippen LogP contribution in [0.15, 0.2) is 24.3 Å². The molecule has 0 N–H and O–H groups in total. The third kappa shape index (κ3) is 3.99. The highest BCUT2D eigenvalue weighted by atomic mass is 16.5. The van der Waals surface area contributed by atoms with E-state index in [1.807, 2.05) is 38.1 Å². The van der Waals surface area contributed by atoms with E-state index in [2.05, 4.69) is 6.07 Å². The maximum Gasteiger partial charge on any atom is 0.240 e. The summed E-state index contributed by atoms with van der Waals surface area (Å²) < 4.78 is 5.09. The van der Waals surface area contributed by atoms with Gasteiger partial charge in [0.05, 0.1) is 13.2 Å². The van der Waals surface area contributed by atoms with E-state index in [0.29, 0.717) is 6.54 Å². The minimum absolute atomic E-state index is 0.0239. The topological polar surface area (TPSA) is 53.3 Å². The number of nitrogens with zero attached hydrogens (tertiary/aromatic N) is 2. The van der Waals surface area contributed by atoms with E-state index in [9.17, 15) is 4.79 Å². The second-order valence-corrected chi connectivity index (χ2v) is 4.89. The van der Waals surface area contributed by atoms with Gasteiger partial charge < -0.3 is 9.64 Å². The normalized spacial score (nSPS) is 11.8. The summed E-state index contributed by atoms with van der Waals surface area (Å²) in [6, 6.07) is 9.63. The molecule has 1 aromatic rings. The molecule has 0 aliphatic carbocycles. The van der Waals surface area contributed by atoms with Gasteiger partial charge in [0.1, 0.15) is 11.7 Å². The Hall–Kier alpha value is -2.02. The van der Waals surface area contributed by atoms with Crippen LogP contribution in [0.5, 0.6) is 5.75 Å². The van der Waals surface area contributed by atoms with Crippen LogP contribution in [-0.2, 0) is 11.3 Å². The SMILES string of the molecule is COc1ccc(CN(C)C(=O)C(C#N)C(C)C)cc1. The smallest absolute Gasteiger partial charge is 0.240 e. The number of methoxy groups -OCH3 is 1. The Balaban J connectivity index is 2.70. The summed E-state index contributed by atoms with van der Waals surface area (Å²) in [5, 5.41) is 9.04. The number of hydrogen-bond acceptors (Lipinski definition) is 3. The number of nitriles is 1. The number of amides is 1. The lowest BCUT2D eigenvalue weighted by Crippen LogP contribution is -2.34. The molecule has 0 aliphatic heterocycles. The predicted octanol–water partition coefficient (Wildman–Crippen LogP) is 2.45. The lowest BCUT2D eigenvalue weighted by molar-refractivity contribution is -0.134. The molecule has 0 heterocycles. The first-order valence-corrected chi connectivity index (χ1v) is 6.27. The molecule has 4 nitrogen and oxygen atoms in total. The van der Waals surface area contributed by atoms with Crippen molar-refractivity contribution < 1.29 is 9.53 Å². The molecule has 0 spiro atoms. The van der Waals surface area contributed by atoms with E-state index >= 15 is 0 Å². The van der Waals surface area contributed by atoms with Gasteiger partial charge in [0.15, 0.2) is 0 Å². The first-order chi connectivity index (χ1) is 8.99. The fraction of sp³-hybridized carbons (Fsp3) is 0.467. The van der Waals surface area contributed by atoms with Crippen molar-refractivity contribution in [3.8, 4) is 11.8 Å². The molecule has 102 valence electrons. The molecular weight excluding hydrogens is 240 g/mol. The van der Waals surface area contributed by atoms with Crippen LogP contribution < -0.4 is 4.74 Å². The van der Waals surface area contributed by atoms with E-state index < -0.39 is 5.92 Å². The summed E-state index contributed by atoms with van der Waals surface area (Å²) in [4.78, 5) is 13.7. The molecule has 1 aromatic carbocycles. The molecule has 1 unspecified atom stereocenters. The first-order valence-electron chi connectivity index (χ1n) is 6.27. The van der Waals surface area contributed by atoms with Gasteiger partial charge in [0.25, 0.3) is 0 Å². The monoisotopic (exact) mass is 260 g/mol. The highest BCUT2D eigenvalue weighted by Gasteiger charge is 2.24. The van der Waals surface area contributed by atoms with Crippen LogP contribution in [0.25, 0.3) is 0 Å². The van der Waals surface area contributed by atoms with E-state index in [-0.39, 0.29) is 11.8 Å². The van der Waals surface area contributed by atoms with E-state index in [1.54, 1.807) is 19.1 Å². The standard InChI is InChI=1S/C15H20N2O2/c1-11(2)14(9-16)15(18)17(3)10-12-5-7-13(19-4)8-6-12/h5-8,11,14H,10H2,1-4H3. The van der Waals surface area contributed by atoms with Crippen molar-refractivity contribution in [3.63, 3.8) is 0 Å². The molecule has 1 rings (SSSR count). The number of carbonyl (C=O) groups is 1. The zero-order valence-corrected chi connectivity index (χ0v) is 11.9. The van der Waals surface area contributed by atoms with Gasteiger partial charge in [-0.1, -0.05) is 26.0 Å². The number of benzene rings is 1. The fourth-order valence-electron chi connectivity index (χ4n) is 1.81. The quantitative estimate of drug-likeness (QED) is 0.817. The van der Waals surface area contributed by atoms with Crippen LogP contribution in [0.1, 0.15) is 19.4 Å². The van der Waals surface area contributed by atoms with Crippen LogP contribution >= 0.6 is 0 Å². The van der Waals surface area contributed by atoms with Gasteiger partial charge in [-0.05, 0) is 23.6 Å². The summed E-state index contributed by atoms with van der Waals surface area (Å²) in [5.41, 5.74) is 1.01. The van der Waals surface area contributed by atoms with Crippen molar-refractivity contribution in [2.75, 3.05) is 14.2 Å². The maximum atomic E-state index is 12.1. The molecule has 4 heteroatoms.